The second-order valence-corrected chi connectivity index (χ2v) is 7.08. The van der Waals surface area contributed by atoms with E-state index in [-0.39, 0.29) is 6.10 Å². The molecule has 2 atom stereocenters. The molecule has 1 aromatic carbocycles. The van der Waals surface area contributed by atoms with Gasteiger partial charge >= 0.3 is 5.97 Å². The Morgan fingerprint density at radius 1 is 1.31 bits per heavy atom. The fraction of sp³-hybridized carbons (Fsp3) is 0.474. The highest BCUT2D eigenvalue weighted by atomic mass is 19.1. The molecule has 0 amide bonds. The van der Waals surface area contributed by atoms with Crippen LogP contribution >= 0.6 is 0 Å². The van der Waals surface area contributed by atoms with Crippen molar-refractivity contribution in [2.24, 2.45) is 5.92 Å². The molecular formula is C19H22FN3O3. The van der Waals surface area contributed by atoms with Crippen LogP contribution in [0.25, 0.3) is 0 Å². The van der Waals surface area contributed by atoms with Crippen molar-refractivity contribution in [3.05, 3.63) is 54.4 Å². The fourth-order valence-corrected chi connectivity index (χ4v) is 4.10. The first kappa shape index (κ1) is 17.2. The lowest BCUT2D eigenvalue weighted by Crippen LogP contribution is -2.55. The molecule has 0 unspecified atom stereocenters. The summed E-state index contributed by atoms with van der Waals surface area (Å²) in [5.41, 5.74) is -1.01. The van der Waals surface area contributed by atoms with Crippen LogP contribution in [0.2, 0.25) is 0 Å². The van der Waals surface area contributed by atoms with Gasteiger partial charge in [-0.2, -0.15) is 0 Å². The van der Waals surface area contributed by atoms with Crippen molar-refractivity contribution in [3.63, 3.8) is 0 Å². The highest BCUT2D eigenvalue weighted by Gasteiger charge is 2.46. The summed E-state index contributed by atoms with van der Waals surface area (Å²) in [6.07, 6.45) is 6.47. The molecule has 26 heavy (non-hydrogen) atoms. The van der Waals surface area contributed by atoms with Gasteiger partial charge < -0.3 is 14.4 Å². The molecule has 6 nitrogen and oxygen atoms in total. The number of hydrogen-bond donors (Lipinski definition) is 1. The topological polar surface area (TPSA) is 67.6 Å². The molecule has 3 aliphatic rings. The van der Waals surface area contributed by atoms with E-state index in [9.17, 15) is 14.3 Å². The summed E-state index contributed by atoms with van der Waals surface area (Å²) in [4.78, 5) is 19.6. The van der Waals surface area contributed by atoms with Gasteiger partial charge in [0.15, 0.2) is 5.54 Å². The number of rotatable bonds is 5. The lowest BCUT2D eigenvalue weighted by atomic mass is 9.85. The molecule has 5 rings (SSSR count). The molecule has 2 bridgehead atoms. The zero-order valence-electron chi connectivity index (χ0n) is 14.4. The van der Waals surface area contributed by atoms with Crippen molar-refractivity contribution in [1.29, 1.82) is 0 Å². The number of ether oxygens (including phenoxy) is 1. The van der Waals surface area contributed by atoms with Gasteiger partial charge in [-0.05, 0) is 49.5 Å². The molecule has 1 aromatic heterocycles. The number of imidazole rings is 1. The number of fused-ring (bicyclic) bond motifs is 3. The van der Waals surface area contributed by atoms with Crippen LogP contribution < -0.4 is 0 Å². The minimum absolute atomic E-state index is 0.181. The van der Waals surface area contributed by atoms with Crippen LogP contribution in [0.15, 0.2) is 43.0 Å². The van der Waals surface area contributed by atoms with Crippen LogP contribution in [0.4, 0.5) is 4.39 Å². The zero-order chi connectivity index (χ0) is 18.1. The van der Waals surface area contributed by atoms with Crippen LogP contribution in [-0.4, -0.2) is 57.9 Å². The summed E-state index contributed by atoms with van der Waals surface area (Å²) in [5.74, 6) is -0.586. The summed E-state index contributed by atoms with van der Waals surface area (Å²) in [5, 5.41) is 10.2. The number of aromatic nitrogens is 2. The van der Waals surface area contributed by atoms with E-state index in [4.69, 9.17) is 4.74 Å². The van der Waals surface area contributed by atoms with Crippen molar-refractivity contribution in [2.45, 2.75) is 24.5 Å². The minimum atomic E-state index is -1.48. The Kier molecular flexibility index (Phi) is 4.50. The Morgan fingerprint density at radius 3 is 2.58 bits per heavy atom. The molecular weight excluding hydrogens is 337 g/mol. The third kappa shape index (κ3) is 2.81. The van der Waals surface area contributed by atoms with Crippen LogP contribution in [0, 0.1) is 11.7 Å². The zero-order valence-corrected chi connectivity index (χ0v) is 14.4. The number of esters is 1. The summed E-state index contributed by atoms with van der Waals surface area (Å²) in [6.45, 7) is 2.31. The van der Waals surface area contributed by atoms with Gasteiger partial charge in [-0.25, -0.2) is 14.2 Å². The monoisotopic (exact) mass is 359 g/mol. The third-order valence-corrected chi connectivity index (χ3v) is 5.69. The molecule has 2 aromatic rings. The molecule has 0 radical (unpaired) electrons. The van der Waals surface area contributed by atoms with Crippen molar-refractivity contribution < 1.29 is 19.0 Å². The minimum Gasteiger partial charge on any atom is -0.459 e. The van der Waals surface area contributed by atoms with Gasteiger partial charge in [-0.3, -0.25) is 4.90 Å². The molecule has 1 N–H and O–H groups in total. The molecule has 4 heterocycles. The Morgan fingerprint density at radius 2 is 2.04 bits per heavy atom. The molecule has 0 saturated carbocycles. The van der Waals surface area contributed by atoms with Crippen molar-refractivity contribution in [1.82, 2.24) is 14.5 Å². The average molecular weight is 359 g/mol. The Bertz CT molecular complexity index is 757. The number of carbonyl (C=O) groups excluding carboxylic acids is 1. The number of aliphatic hydroxyl groups is 1. The number of aliphatic hydroxyl groups excluding tert-OH is 1. The second-order valence-electron chi connectivity index (χ2n) is 7.08. The van der Waals surface area contributed by atoms with Crippen LogP contribution in [0.1, 0.15) is 18.4 Å². The van der Waals surface area contributed by atoms with Crippen LogP contribution in [0.3, 0.4) is 0 Å². The smallest absolute Gasteiger partial charge is 0.339 e. The summed E-state index contributed by atoms with van der Waals surface area (Å²) >= 11 is 0. The van der Waals surface area contributed by atoms with Gasteiger partial charge in [-0.15, -0.1) is 0 Å². The standard InChI is InChI=1S/C19H22FN3O3/c20-16-3-1-15(2-4-16)19(12-24,23-10-7-21-13-23)18(25)26-17-11-22-8-5-14(17)6-9-22/h1-4,7,10,13-14,17,24H,5-6,8-9,11-12H2/t17-,19-/m0/s1. The maximum absolute atomic E-state index is 13.4. The lowest BCUT2D eigenvalue weighted by Gasteiger charge is -2.45. The average Bonchev–Trinajstić information content (AvgIpc) is 3.20. The number of benzene rings is 1. The number of halogens is 1. The lowest BCUT2D eigenvalue weighted by molar-refractivity contribution is -0.169. The highest BCUT2D eigenvalue weighted by Crippen LogP contribution is 2.33. The number of piperidine rings is 3. The first-order valence-corrected chi connectivity index (χ1v) is 8.92. The van der Waals surface area contributed by atoms with Crippen LogP contribution in [0.5, 0.6) is 0 Å². The van der Waals surface area contributed by atoms with E-state index >= 15 is 0 Å². The Balaban J connectivity index is 1.68. The summed E-state index contributed by atoms with van der Waals surface area (Å²) in [6, 6.07) is 5.56. The summed E-state index contributed by atoms with van der Waals surface area (Å²) in [7, 11) is 0. The maximum atomic E-state index is 13.4. The Hall–Kier alpha value is -2.25. The quantitative estimate of drug-likeness (QED) is 0.818. The van der Waals surface area contributed by atoms with Gasteiger partial charge in [0.05, 0.1) is 12.9 Å². The molecule has 138 valence electrons. The SMILES string of the molecule is O=C(O[C@H]1CN2CCC1CC2)[C@](CO)(c1ccc(F)cc1)n1ccnc1. The normalized spacial score (nSPS) is 27.1. The largest absolute Gasteiger partial charge is 0.459 e. The van der Waals surface area contributed by atoms with Gasteiger partial charge in [0, 0.05) is 18.9 Å². The summed E-state index contributed by atoms with van der Waals surface area (Å²) < 4.78 is 20.8. The van der Waals surface area contributed by atoms with Crippen LogP contribution in [-0.2, 0) is 15.1 Å². The first-order valence-electron chi connectivity index (χ1n) is 8.92. The van der Waals surface area contributed by atoms with E-state index in [1.165, 1.54) is 41.4 Å². The van der Waals surface area contributed by atoms with Crippen molar-refractivity contribution in [3.8, 4) is 0 Å². The van der Waals surface area contributed by atoms with E-state index in [0.29, 0.717) is 11.5 Å². The molecule has 0 spiro atoms. The van der Waals surface area contributed by atoms with Crippen molar-refractivity contribution in [2.75, 3.05) is 26.2 Å². The van der Waals surface area contributed by atoms with Gasteiger partial charge in [-0.1, -0.05) is 12.1 Å². The second kappa shape index (κ2) is 6.81. The van der Waals surface area contributed by atoms with E-state index in [1.54, 1.807) is 6.20 Å². The maximum Gasteiger partial charge on any atom is 0.339 e. The number of carbonyl (C=O) groups is 1. The van der Waals surface area contributed by atoms with Crippen molar-refractivity contribution >= 4 is 5.97 Å². The van der Waals surface area contributed by atoms with Gasteiger partial charge in [0.1, 0.15) is 11.9 Å². The Labute approximate surface area is 151 Å². The highest BCUT2D eigenvalue weighted by molar-refractivity contribution is 5.83. The first-order chi connectivity index (χ1) is 12.6. The number of nitrogens with zero attached hydrogens (tertiary/aromatic N) is 3. The van der Waals surface area contributed by atoms with Gasteiger partial charge in [0.25, 0.3) is 0 Å². The third-order valence-electron chi connectivity index (χ3n) is 5.69. The van der Waals surface area contributed by atoms with Gasteiger partial charge in [0.2, 0.25) is 0 Å². The molecule has 3 saturated heterocycles. The molecule has 7 heteroatoms. The van der Waals surface area contributed by atoms with E-state index in [0.717, 1.165) is 32.5 Å². The fourth-order valence-electron chi connectivity index (χ4n) is 4.10. The predicted octanol–water partition coefficient (Wildman–Crippen LogP) is 1.40. The number of hydrogen-bond acceptors (Lipinski definition) is 5. The van der Waals surface area contributed by atoms with E-state index in [2.05, 4.69) is 9.88 Å². The molecule has 3 fully saturated rings. The van der Waals surface area contributed by atoms with E-state index in [1.807, 2.05) is 0 Å². The molecule has 3 aliphatic heterocycles. The molecule has 0 aliphatic carbocycles. The van der Waals surface area contributed by atoms with E-state index < -0.39 is 23.9 Å². The predicted molar refractivity (Wildman–Crippen MR) is 91.8 cm³/mol.